The zero-order chi connectivity index (χ0) is 10.7. The van der Waals surface area contributed by atoms with E-state index in [-0.39, 0.29) is 18.1 Å². The molecule has 0 radical (unpaired) electrons. The highest BCUT2D eigenvalue weighted by atomic mass is 32.2. The lowest BCUT2D eigenvalue weighted by Crippen LogP contribution is -2.40. The van der Waals surface area contributed by atoms with E-state index < -0.39 is 0 Å². The number of carbonyl (C=O) groups excluding carboxylic acids is 1. The molecule has 0 aromatic rings. The van der Waals surface area contributed by atoms with Crippen molar-refractivity contribution in [2.45, 2.75) is 37.6 Å². The Kier molecular flexibility index (Phi) is 3.57. The SMILES string of the molecule is O=C(CC1CCSCC1)NC1(CO)CC1. The Morgan fingerprint density at radius 2 is 2.07 bits per heavy atom. The van der Waals surface area contributed by atoms with Gasteiger partial charge in [0.1, 0.15) is 0 Å². The number of rotatable bonds is 4. The van der Waals surface area contributed by atoms with Crippen LogP contribution < -0.4 is 5.32 Å². The second-order valence-electron chi connectivity index (χ2n) is 4.75. The minimum atomic E-state index is -0.236. The predicted octanol–water partition coefficient (Wildman–Crippen LogP) is 1.16. The standard InChI is InChI=1S/C11H19NO2S/c13-8-11(3-4-11)12-10(14)7-9-1-5-15-6-2-9/h9,13H,1-8H2,(H,12,14). The van der Waals surface area contributed by atoms with Crippen molar-refractivity contribution in [1.82, 2.24) is 5.32 Å². The van der Waals surface area contributed by atoms with Crippen molar-refractivity contribution < 1.29 is 9.90 Å². The van der Waals surface area contributed by atoms with E-state index in [1.807, 2.05) is 11.8 Å². The second-order valence-corrected chi connectivity index (χ2v) is 5.97. The number of carbonyl (C=O) groups is 1. The Hall–Kier alpha value is -0.220. The average molecular weight is 229 g/mol. The smallest absolute Gasteiger partial charge is 0.220 e. The van der Waals surface area contributed by atoms with Gasteiger partial charge in [-0.3, -0.25) is 4.79 Å². The Morgan fingerprint density at radius 1 is 1.40 bits per heavy atom. The van der Waals surface area contributed by atoms with Gasteiger partial charge >= 0.3 is 0 Å². The van der Waals surface area contributed by atoms with Crippen molar-refractivity contribution in [3.05, 3.63) is 0 Å². The van der Waals surface area contributed by atoms with Gasteiger partial charge in [-0.25, -0.2) is 0 Å². The molecule has 0 bridgehead atoms. The van der Waals surface area contributed by atoms with Crippen LogP contribution in [-0.2, 0) is 4.79 Å². The molecule has 1 amide bonds. The molecule has 0 aromatic carbocycles. The molecule has 1 saturated carbocycles. The van der Waals surface area contributed by atoms with Crippen LogP contribution in [0.1, 0.15) is 32.1 Å². The van der Waals surface area contributed by atoms with Crippen molar-refractivity contribution in [3.63, 3.8) is 0 Å². The first kappa shape index (κ1) is 11.3. The number of aliphatic hydroxyl groups is 1. The van der Waals surface area contributed by atoms with Crippen molar-refractivity contribution in [2.24, 2.45) is 5.92 Å². The molecular formula is C11H19NO2S. The third-order valence-electron chi connectivity index (χ3n) is 3.38. The molecule has 0 aromatic heterocycles. The number of hydrogen-bond acceptors (Lipinski definition) is 3. The summed E-state index contributed by atoms with van der Waals surface area (Å²) in [5.74, 6) is 3.10. The van der Waals surface area contributed by atoms with Crippen LogP contribution in [0.5, 0.6) is 0 Å². The summed E-state index contributed by atoms with van der Waals surface area (Å²) in [5, 5.41) is 12.1. The van der Waals surface area contributed by atoms with E-state index in [1.165, 1.54) is 24.3 Å². The van der Waals surface area contributed by atoms with Crippen LogP contribution >= 0.6 is 11.8 Å². The Balaban J connectivity index is 1.72. The van der Waals surface area contributed by atoms with Crippen LogP contribution in [0.25, 0.3) is 0 Å². The first-order chi connectivity index (χ1) is 7.24. The lowest BCUT2D eigenvalue weighted by molar-refractivity contribution is -0.123. The van der Waals surface area contributed by atoms with Crippen LogP contribution in [0, 0.1) is 5.92 Å². The molecule has 2 fully saturated rings. The van der Waals surface area contributed by atoms with Crippen LogP contribution in [0.3, 0.4) is 0 Å². The zero-order valence-corrected chi connectivity index (χ0v) is 9.81. The van der Waals surface area contributed by atoms with Crippen LogP contribution in [-0.4, -0.2) is 34.7 Å². The van der Waals surface area contributed by atoms with Crippen molar-refractivity contribution in [1.29, 1.82) is 0 Å². The fraction of sp³-hybridized carbons (Fsp3) is 0.909. The molecule has 4 heteroatoms. The van der Waals surface area contributed by atoms with Gasteiger partial charge in [0.25, 0.3) is 0 Å². The summed E-state index contributed by atoms with van der Waals surface area (Å²) in [6.45, 7) is 0.0965. The number of hydrogen-bond donors (Lipinski definition) is 2. The van der Waals surface area contributed by atoms with Crippen LogP contribution in [0.4, 0.5) is 0 Å². The van der Waals surface area contributed by atoms with E-state index in [0.29, 0.717) is 12.3 Å². The lowest BCUT2D eigenvalue weighted by Gasteiger charge is -2.22. The first-order valence-corrected chi connectivity index (χ1v) is 6.89. The Bertz CT molecular complexity index is 235. The summed E-state index contributed by atoms with van der Waals surface area (Å²) in [6.07, 6.45) is 4.88. The zero-order valence-electron chi connectivity index (χ0n) is 9.00. The lowest BCUT2D eigenvalue weighted by atomic mass is 9.98. The normalized spacial score (nSPS) is 24.9. The summed E-state index contributed by atoms with van der Waals surface area (Å²) in [7, 11) is 0. The molecule has 2 rings (SSSR count). The van der Waals surface area contributed by atoms with E-state index in [2.05, 4.69) is 5.32 Å². The third kappa shape index (κ3) is 3.11. The summed E-state index contributed by atoms with van der Waals surface area (Å²) < 4.78 is 0. The maximum absolute atomic E-state index is 11.7. The van der Waals surface area contributed by atoms with Gasteiger partial charge in [-0.2, -0.15) is 11.8 Å². The van der Waals surface area contributed by atoms with Gasteiger partial charge in [0.05, 0.1) is 12.1 Å². The van der Waals surface area contributed by atoms with Crippen molar-refractivity contribution >= 4 is 17.7 Å². The van der Waals surface area contributed by atoms with Gasteiger partial charge in [-0.15, -0.1) is 0 Å². The molecule has 2 aliphatic rings. The number of nitrogens with one attached hydrogen (secondary N) is 1. The summed E-state index contributed by atoms with van der Waals surface area (Å²) >= 11 is 1.98. The Morgan fingerprint density at radius 3 is 2.60 bits per heavy atom. The predicted molar refractivity (Wildman–Crippen MR) is 61.9 cm³/mol. The molecule has 1 heterocycles. The molecule has 2 N–H and O–H groups in total. The molecule has 1 saturated heterocycles. The maximum atomic E-state index is 11.7. The maximum Gasteiger partial charge on any atom is 0.220 e. The summed E-state index contributed by atoms with van der Waals surface area (Å²) in [4.78, 5) is 11.7. The van der Waals surface area contributed by atoms with Crippen molar-refractivity contribution in [3.8, 4) is 0 Å². The number of amides is 1. The van der Waals surface area contributed by atoms with Crippen LogP contribution in [0.15, 0.2) is 0 Å². The van der Waals surface area contributed by atoms with Gasteiger partial charge in [0, 0.05) is 6.42 Å². The van der Waals surface area contributed by atoms with Crippen molar-refractivity contribution in [2.75, 3.05) is 18.1 Å². The molecule has 0 unspecified atom stereocenters. The molecule has 0 atom stereocenters. The highest BCUT2D eigenvalue weighted by molar-refractivity contribution is 7.99. The van der Waals surface area contributed by atoms with E-state index in [4.69, 9.17) is 5.11 Å². The van der Waals surface area contributed by atoms with E-state index in [9.17, 15) is 4.79 Å². The molecule has 86 valence electrons. The average Bonchev–Trinajstić information content (AvgIpc) is 3.00. The largest absolute Gasteiger partial charge is 0.394 e. The molecule has 1 aliphatic carbocycles. The number of aliphatic hydroxyl groups excluding tert-OH is 1. The molecule has 15 heavy (non-hydrogen) atoms. The highest BCUT2D eigenvalue weighted by Gasteiger charge is 2.43. The molecule has 0 spiro atoms. The minimum Gasteiger partial charge on any atom is -0.394 e. The molecule has 1 aliphatic heterocycles. The van der Waals surface area contributed by atoms with Gasteiger partial charge < -0.3 is 10.4 Å². The second kappa shape index (κ2) is 4.74. The fourth-order valence-electron chi connectivity index (χ4n) is 2.03. The van der Waals surface area contributed by atoms with E-state index in [1.54, 1.807) is 0 Å². The summed E-state index contributed by atoms with van der Waals surface area (Å²) in [5.41, 5.74) is -0.236. The minimum absolute atomic E-state index is 0.0965. The number of thioether (sulfide) groups is 1. The van der Waals surface area contributed by atoms with E-state index >= 15 is 0 Å². The van der Waals surface area contributed by atoms with Gasteiger partial charge in [0.15, 0.2) is 0 Å². The topological polar surface area (TPSA) is 49.3 Å². The Labute approximate surface area is 95.0 Å². The quantitative estimate of drug-likeness (QED) is 0.760. The van der Waals surface area contributed by atoms with Gasteiger partial charge in [-0.1, -0.05) is 0 Å². The van der Waals surface area contributed by atoms with Crippen LogP contribution in [0.2, 0.25) is 0 Å². The molecule has 3 nitrogen and oxygen atoms in total. The van der Waals surface area contributed by atoms with Gasteiger partial charge in [-0.05, 0) is 43.1 Å². The summed E-state index contributed by atoms with van der Waals surface area (Å²) in [6, 6.07) is 0. The highest BCUT2D eigenvalue weighted by Crippen LogP contribution is 2.35. The third-order valence-corrected chi connectivity index (χ3v) is 4.42. The van der Waals surface area contributed by atoms with E-state index in [0.717, 1.165) is 12.8 Å². The van der Waals surface area contributed by atoms with Gasteiger partial charge in [0.2, 0.25) is 5.91 Å². The fourth-order valence-corrected chi connectivity index (χ4v) is 3.24. The molecular weight excluding hydrogens is 210 g/mol. The monoisotopic (exact) mass is 229 g/mol. The first-order valence-electron chi connectivity index (χ1n) is 5.74.